The fraction of sp³-hybridized carbons (Fsp3) is 0.412. The lowest BCUT2D eigenvalue weighted by Crippen LogP contribution is -2.30. The molecule has 21 heavy (non-hydrogen) atoms. The third-order valence-electron chi connectivity index (χ3n) is 3.40. The van der Waals surface area contributed by atoms with Crippen molar-refractivity contribution in [2.24, 2.45) is 5.73 Å². The van der Waals surface area contributed by atoms with Gasteiger partial charge in [0.25, 0.3) is 0 Å². The van der Waals surface area contributed by atoms with E-state index in [-0.39, 0.29) is 12.1 Å². The summed E-state index contributed by atoms with van der Waals surface area (Å²) < 4.78 is 5.68. The van der Waals surface area contributed by atoms with Crippen LogP contribution in [0.5, 0.6) is 5.75 Å². The maximum absolute atomic E-state index is 5.98. The summed E-state index contributed by atoms with van der Waals surface area (Å²) in [4.78, 5) is 2.29. The number of hydrogen-bond donors (Lipinski definition) is 1. The molecule has 1 aromatic heterocycles. The summed E-state index contributed by atoms with van der Waals surface area (Å²) >= 11 is 1.73. The van der Waals surface area contributed by atoms with Crippen molar-refractivity contribution in [3.05, 3.63) is 52.2 Å². The Morgan fingerprint density at radius 2 is 1.90 bits per heavy atom. The number of likely N-dealkylation sites (N-methyl/N-ethyl adjacent to an activating group) is 1. The molecule has 0 amide bonds. The van der Waals surface area contributed by atoms with Gasteiger partial charge in [0.05, 0.1) is 6.10 Å². The zero-order chi connectivity index (χ0) is 15.2. The van der Waals surface area contributed by atoms with Gasteiger partial charge in [-0.1, -0.05) is 12.1 Å². The molecule has 1 heterocycles. The highest BCUT2D eigenvalue weighted by Gasteiger charge is 2.16. The van der Waals surface area contributed by atoms with Crippen LogP contribution in [-0.2, 0) is 6.54 Å². The molecule has 3 nitrogen and oxygen atoms in total. The molecule has 4 heteroatoms. The highest BCUT2D eigenvalue weighted by Crippen LogP contribution is 2.23. The van der Waals surface area contributed by atoms with Crippen LogP contribution in [-0.4, -0.2) is 24.6 Å². The summed E-state index contributed by atoms with van der Waals surface area (Å²) in [6.45, 7) is 5.58. The van der Waals surface area contributed by atoms with Gasteiger partial charge in [0.2, 0.25) is 0 Å². The number of rotatable bonds is 7. The monoisotopic (exact) mass is 304 g/mol. The van der Waals surface area contributed by atoms with Crippen molar-refractivity contribution in [1.82, 2.24) is 4.90 Å². The maximum atomic E-state index is 5.98. The Morgan fingerprint density at radius 3 is 2.43 bits per heavy atom. The van der Waals surface area contributed by atoms with Gasteiger partial charge >= 0.3 is 0 Å². The fourth-order valence-corrected chi connectivity index (χ4v) is 3.05. The maximum Gasteiger partial charge on any atom is 0.119 e. The van der Waals surface area contributed by atoms with Gasteiger partial charge in [-0.15, -0.1) is 0 Å². The van der Waals surface area contributed by atoms with E-state index in [0.717, 1.165) is 12.3 Å². The third kappa shape index (κ3) is 4.56. The number of nitrogens with zero attached hydrogens (tertiary/aromatic N) is 1. The van der Waals surface area contributed by atoms with Crippen LogP contribution < -0.4 is 10.5 Å². The Labute approximate surface area is 131 Å². The van der Waals surface area contributed by atoms with Crippen LogP contribution in [0.15, 0.2) is 41.1 Å². The predicted molar refractivity (Wildman–Crippen MR) is 89.8 cm³/mol. The number of ether oxygens (including phenoxy) is 1. The second-order valence-electron chi connectivity index (χ2n) is 5.53. The lowest BCUT2D eigenvalue weighted by atomic mass is 10.1. The van der Waals surface area contributed by atoms with E-state index in [0.29, 0.717) is 6.54 Å². The molecule has 0 saturated carbocycles. The van der Waals surface area contributed by atoms with Crippen molar-refractivity contribution < 1.29 is 4.74 Å². The number of benzene rings is 1. The van der Waals surface area contributed by atoms with E-state index in [9.17, 15) is 0 Å². The summed E-state index contributed by atoms with van der Waals surface area (Å²) in [6, 6.07) is 10.7. The zero-order valence-electron chi connectivity index (χ0n) is 13.0. The first-order valence-electron chi connectivity index (χ1n) is 7.28. The molecule has 2 rings (SSSR count). The first-order chi connectivity index (χ1) is 10.1. The minimum atomic E-state index is 0.197. The van der Waals surface area contributed by atoms with Crippen LogP contribution in [0.3, 0.4) is 0 Å². The third-order valence-corrected chi connectivity index (χ3v) is 4.14. The molecule has 0 aliphatic heterocycles. The molecule has 1 aromatic carbocycles. The Morgan fingerprint density at radius 1 is 1.19 bits per heavy atom. The number of thiophene rings is 1. The normalized spacial score (nSPS) is 12.9. The Kier molecular flexibility index (Phi) is 5.79. The van der Waals surface area contributed by atoms with Crippen LogP contribution in [0.1, 0.15) is 31.0 Å². The van der Waals surface area contributed by atoms with Gasteiger partial charge in [0.15, 0.2) is 0 Å². The molecule has 0 aliphatic rings. The smallest absolute Gasteiger partial charge is 0.119 e. The molecule has 1 atom stereocenters. The van der Waals surface area contributed by atoms with E-state index in [2.05, 4.69) is 40.9 Å². The van der Waals surface area contributed by atoms with Crippen LogP contribution in [0.4, 0.5) is 0 Å². The minimum absolute atomic E-state index is 0.197. The Balaban J connectivity index is 2.05. The molecule has 1 unspecified atom stereocenters. The SMILES string of the molecule is CC(C)Oc1ccc(C(CN)N(C)Cc2ccsc2)cc1. The number of hydrogen-bond acceptors (Lipinski definition) is 4. The van der Waals surface area contributed by atoms with Crippen LogP contribution in [0, 0.1) is 0 Å². The molecule has 2 N–H and O–H groups in total. The van der Waals surface area contributed by atoms with E-state index in [4.69, 9.17) is 10.5 Å². The summed E-state index contributed by atoms with van der Waals surface area (Å²) in [5.41, 5.74) is 8.55. The minimum Gasteiger partial charge on any atom is -0.491 e. The van der Waals surface area contributed by atoms with E-state index < -0.39 is 0 Å². The van der Waals surface area contributed by atoms with Gasteiger partial charge < -0.3 is 10.5 Å². The van der Waals surface area contributed by atoms with Crippen molar-refractivity contribution >= 4 is 11.3 Å². The van der Waals surface area contributed by atoms with Crippen molar-refractivity contribution in [2.75, 3.05) is 13.6 Å². The molecule has 0 fully saturated rings. The van der Waals surface area contributed by atoms with Crippen LogP contribution >= 0.6 is 11.3 Å². The second kappa shape index (κ2) is 7.59. The highest BCUT2D eigenvalue weighted by molar-refractivity contribution is 7.07. The average molecular weight is 304 g/mol. The highest BCUT2D eigenvalue weighted by atomic mass is 32.1. The first-order valence-corrected chi connectivity index (χ1v) is 8.22. The topological polar surface area (TPSA) is 38.5 Å². The molecular formula is C17H24N2OS. The number of nitrogens with two attached hydrogens (primary N) is 1. The summed E-state index contributed by atoms with van der Waals surface area (Å²) in [6.07, 6.45) is 0.197. The largest absolute Gasteiger partial charge is 0.491 e. The summed E-state index contributed by atoms with van der Waals surface area (Å²) in [7, 11) is 2.12. The second-order valence-corrected chi connectivity index (χ2v) is 6.31. The predicted octanol–water partition coefficient (Wildman–Crippen LogP) is 3.67. The average Bonchev–Trinajstić information content (AvgIpc) is 2.93. The summed E-state index contributed by atoms with van der Waals surface area (Å²) in [5.74, 6) is 0.907. The lowest BCUT2D eigenvalue weighted by Gasteiger charge is -2.27. The van der Waals surface area contributed by atoms with Crippen molar-refractivity contribution in [3.63, 3.8) is 0 Å². The molecule has 0 saturated heterocycles. The van der Waals surface area contributed by atoms with Crippen LogP contribution in [0.2, 0.25) is 0 Å². The van der Waals surface area contributed by atoms with E-state index in [1.807, 2.05) is 26.0 Å². The molecule has 0 aliphatic carbocycles. The Hall–Kier alpha value is -1.36. The van der Waals surface area contributed by atoms with Gasteiger partial charge in [-0.2, -0.15) is 11.3 Å². The van der Waals surface area contributed by atoms with Gasteiger partial charge in [0, 0.05) is 19.1 Å². The van der Waals surface area contributed by atoms with E-state index in [1.165, 1.54) is 11.1 Å². The quantitative estimate of drug-likeness (QED) is 0.848. The standard InChI is InChI=1S/C17H24N2OS/c1-13(2)20-16-6-4-15(5-7-16)17(10-18)19(3)11-14-8-9-21-12-14/h4-9,12-13,17H,10-11,18H2,1-3H3. The van der Waals surface area contributed by atoms with Gasteiger partial charge in [-0.25, -0.2) is 0 Å². The zero-order valence-corrected chi connectivity index (χ0v) is 13.8. The Bertz CT molecular complexity index is 522. The molecule has 0 radical (unpaired) electrons. The summed E-state index contributed by atoms with van der Waals surface area (Å²) in [5, 5.41) is 4.29. The van der Waals surface area contributed by atoms with Crippen LogP contribution in [0.25, 0.3) is 0 Å². The molecular weight excluding hydrogens is 280 g/mol. The fourth-order valence-electron chi connectivity index (χ4n) is 2.39. The molecule has 114 valence electrons. The molecule has 0 bridgehead atoms. The van der Waals surface area contributed by atoms with E-state index >= 15 is 0 Å². The van der Waals surface area contributed by atoms with Gasteiger partial charge in [0.1, 0.15) is 5.75 Å². The first kappa shape index (κ1) is 16.0. The van der Waals surface area contributed by atoms with E-state index in [1.54, 1.807) is 11.3 Å². The van der Waals surface area contributed by atoms with Crippen molar-refractivity contribution in [1.29, 1.82) is 0 Å². The van der Waals surface area contributed by atoms with Crippen molar-refractivity contribution in [3.8, 4) is 5.75 Å². The van der Waals surface area contributed by atoms with Gasteiger partial charge in [-0.05, 0) is 61.0 Å². The van der Waals surface area contributed by atoms with Gasteiger partial charge in [-0.3, -0.25) is 4.90 Å². The van der Waals surface area contributed by atoms with Crippen molar-refractivity contribution in [2.45, 2.75) is 32.5 Å². The lowest BCUT2D eigenvalue weighted by molar-refractivity contribution is 0.237. The molecule has 2 aromatic rings. The molecule has 0 spiro atoms.